The van der Waals surface area contributed by atoms with Crippen molar-refractivity contribution >= 4 is 11.8 Å². The Balaban J connectivity index is 1.38. The molecule has 1 saturated carbocycles. The fourth-order valence-electron chi connectivity index (χ4n) is 5.33. The monoisotopic (exact) mass is 704 g/mol. The number of carbonyl (C=O) groups is 2. The molecule has 50 heavy (non-hydrogen) atoms. The molecular formula is C34H27F7N4O5. The molecule has 4 aromatic rings. The smallest absolute Gasteiger partial charge is 0.433 e. The number of fused-ring (bicyclic) bond motifs is 1. The van der Waals surface area contributed by atoms with Gasteiger partial charge < -0.3 is 25.6 Å². The van der Waals surface area contributed by atoms with Crippen LogP contribution in [0.1, 0.15) is 47.1 Å². The number of alkyl halides is 6. The van der Waals surface area contributed by atoms with Crippen molar-refractivity contribution in [3.63, 3.8) is 0 Å². The Bertz CT molecular complexity index is 1980. The number of nitrogens with one attached hydrogen (secondary N) is 1. The molecule has 3 heterocycles. The zero-order valence-electron chi connectivity index (χ0n) is 26.0. The molecule has 2 amide bonds. The number of pyridine rings is 2. The molecule has 262 valence electrons. The van der Waals surface area contributed by atoms with Crippen LogP contribution in [0.3, 0.4) is 0 Å². The number of ether oxygens (including phenoxy) is 2. The van der Waals surface area contributed by atoms with E-state index in [1.807, 2.05) is 5.32 Å². The van der Waals surface area contributed by atoms with Gasteiger partial charge in [-0.2, -0.15) is 26.3 Å². The van der Waals surface area contributed by atoms with E-state index >= 15 is 0 Å². The minimum Gasteiger partial charge on any atom is -0.490 e. The largest absolute Gasteiger partial charge is 0.490 e. The van der Waals surface area contributed by atoms with Crippen LogP contribution in [0.2, 0.25) is 0 Å². The second-order valence-corrected chi connectivity index (χ2v) is 12.2. The summed E-state index contributed by atoms with van der Waals surface area (Å²) in [4.78, 5) is 33.5. The van der Waals surface area contributed by atoms with Crippen molar-refractivity contribution in [3.05, 3.63) is 95.1 Å². The van der Waals surface area contributed by atoms with E-state index in [-0.39, 0.29) is 57.9 Å². The van der Waals surface area contributed by atoms with E-state index < -0.39 is 58.9 Å². The minimum absolute atomic E-state index is 0.0169. The number of aromatic nitrogens is 2. The Hall–Kier alpha value is -5.25. The van der Waals surface area contributed by atoms with E-state index in [9.17, 15) is 45.4 Å². The second-order valence-electron chi connectivity index (χ2n) is 12.2. The fourth-order valence-corrected chi connectivity index (χ4v) is 5.33. The van der Waals surface area contributed by atoms with E-state index in [4.69, 9.17) is 15.2 Å². The van der Waals surface area contributed by atoms with Crippen molar-refractivity contribution in [1.29, 1.82) is 0 Å². The van der Waals surface area contributed by atoms with Crippen molar-refractivity contribution in [2.75, 3.05) is 13.2 Å². The molecule has 1 aliphatic carbocycles. The summed E-state index contributed by atoms with van der Waals surface area (Å²) in [5.74, 6) is -2.72. The highest BCUT2D eigenvalue weighted by atomic mass is 19.4. The number of hydrogen-bond donors (Lipinski definition) is 3. The molecule has 0 radical (unpaired) electrons. The molecule has 0 spiro atoms. The summed E-state index contributed by atoms with van der Waals surface area (Å²) in [5, 5.41) is 13.4. The first-order chi connectivity index (χ1) is 23.4. The van der Waals surface area contributed by atoms with Crippen LogP contribution in [0.25, 0.3) is 22.5 Å². The number of hydrogen-bond acceptors (Lipinski definition) is 7. The van der Waals surface area contributed by atoms with Crippen molar-refractivity contribution in [3.8, 4) is 34.0 Å². The molecule has 2 aromatic heterocycles. The highest BCUT2D eigenvalue weighted by Crippen LogP contribution is 2.48. The first-order valence-corrected chi connectivity index (χ1v) is 15.1. The van der Waals surface area contributed by atoms with Crippen LogP contribution in [0, 0.1) is 5.82 Å². The van der Waals surface area contributed by atoms with E-state index in [1.54, 1.807) is 0 Å². The standard InChI is InChI=1S/C34H27F7N4O5/c1-31(30(42)47)16-49-28-22(31)14-26(45-27(28)17-5-8-19(35)9-6-17)32(48,34(39,40)41)15-43-29(46)18-7-12-24(50-20-10-11-20)21(13-18)23-3-2-4-25(44-23)33(36,37)38/h2-9,12-14,20,48H,10-11,15-16H2,1H3,(H2,42,47)(H,43,46)/t31-,32?/m0/s1. The third kappa shape index (κ3) is 6.42. The molecule has 1 fully saturated rings. The summed E-state index contributed by atoms with van der Waals surface area (Å²) in [6.45, 7) is -0.515. The second kappa shape index (κ2) is 12.3. The lowest BCUT2D eigenvalue weighted by Gasteiger charge is -2.31. The zero-order chi connectivity index (χ0) is 36.2. The summed E-state index contributed by atoms with van der Waals surface area (Å²) >= 11 is 0. The molecule has 2 aromatic carbocycles. The van der Waals surface area contributed by atoms with Crippen molar-refractivity contribution in [1.82, 2.24) is 15.3 Å². The van der Waals surface area contributed by atoms with Crippen molar-refractivity contribution in [2.45, 2.75) is 49.2 Å². The van der Waals surface area contributed by atoms with Gasteiger partial charge in [-0.15, -0.1) is 0 Å². The lowest BCUT2D eigenvalue weighted by Crippen LogP contribution is -2.51. The quantitative estimate of drug-likeness (QED) is 0.187. The summed E-state index contributed by atoms with van der Waals surface area (Å²) in [7, 11) is 0. The number of amides is 2. The van der Waals surface area contributed by atoms with Crippen LogP contribution in [-0.4, -0.2) is 52.3 Å². The molecular weight excluding hydrogens is 677 g/mol. The van der Waals surface area contributed by atoms with Crippen LogP contribution in [0.5, 0.6) is 11.5 Å². The first-order valence-electron chi connectivity index (χ1n) is 15.1. The molecule has 0 bridgehead atoms. The van der Waals surface area contributed by atoms with Gasteiger partial charge in [-0.25, -0.2) is 14.4 Å². The molecule has 9 nitrogen and oxygen atoms in total. The average Bonchev–Trinajstić information content (AvgIpc) is 3.82. The highest BCUT2D eigenvalue weighted by Gasteiger charge is 2.57. The number of carbonyl (C=O) groups excluding carboxylic acids is 2. The number of nitrogens with two attached hydrogens (primary N) is 1. The third-order valence-corrected chi connectivity index (χ3v) is 8.51. The Labute approximate surface area is 279 Å². The Morgan fingerprint density at radius 2 is 1.70 bits per heavy atom. The van der Waals surface area contributed by atoms with E-state index in [1.165, 1.54) is 37.3 Å². The lowest BCUT2D eigenvalue weighted by atomic mass is 9.81. The van der Waals surface area contributed by atoms with Crippen molar-refractivity contribution in [2.24, 2.45) is 5.73 Å². The fraction of sp³-hybridized carbons (Fsp3) is 0.294. The molecule has 6 rings (SSSR count). The number of nitrogens with zero attached hydrogens (tertiary/aromatic N) is 2. The van der Waals surface area contributed by atoms with Crippen LogP contribution in [-0.2, 0) is 22.0 Å². The highest BCUT2D eigenvalue weighted by molar-refractivity contribution is 5.96. The number of halogens is 7. The van der Waals surface area contributed by atoms with Gasteiger partial charge >= 0.3 is 12.4 Å². The molecule has 2 atom stereocenters. The lowest BCUT2D eigenvalue weighted by molar-refractivity contribution is -0.265. The van der Waals surface area contributed by atoms with Crippen LogP contribution < -0.4 is 20.5 Å². The molecule has 2 aliphatic rings. The van der Waals surface area contributed by atoms with Gasteiger partial charge in [-0.05, 0) is 80.4 Å². The molecule has 1 aliphatic heterocycles. The summed E-state index contributed by atoms with van der Waals surface area (Å²) in [5.41, 5.74) is -2.93. The van der Waals surface area contributed by atoms with Gasteiger partial charge in [0, 0.05) is 22.3 Å². The third-order valence-electron chi connectivity index (χ3n) is 8.51. The van der Waals surface area contributed by atoms with Gasteiger partial charge in [0.05, 0.1) is 24.0 Å². The average molecular weight is 705 g/mol. The predicted octanol–water partition coefficient (Wildman–Crippen LogP) is 5.83. The van der Waals surface area contributed by atoms with Crippen molar-refractivity contribution < 1.29 is 54.9 Å². The maximum Gasteiger partial charge on any atom is 0.433 e. The van der Waals surface area contributed by atoms with Gasteiger partial charge in [-0.3, -0.25) is 9.59 Å². The predicted molar refractivity (Wildman–Crippen MR) is 162 cm³/mol. The number of aliphatic hydroxyl groups is 1. The van der Waals surface area contributed by atoms with Gasteiger partial charge in [-0.1, -0.05) is 6.07 Å². The Kier molecular flexibility index (Phi) is 8.49. The number of primary amides is 1. The SMILES string of the molecule is C[C@]1(C(N)=O)COc2c1cc(C(O)(CNC(=O)c1ccc(OC3CC3)c(-c3cccc(C(F)(F)F)n3)c1)C(F)(F)F)nc2-c1ccc(F)cc1. The topological polar surface area (TPSA) is 137 Å². The van der Waals surface area contributed by atoms with Crippen LogP contribution in [0.15, 0.2) is 66.7 Å². The minimum atomic E-state index is -5.47. The summed E-state index contributed by atoms with van der Waals surface area (Å²) < 4.78 is 110. The molecule has 1 unspecified atom stereocenters. The van der Waals surface area contributed by atoms with E-state index in [0.717, 1.165) is 36.4 Å². The van der Waals surface area contributed by atoms with Gasteiger partial charge in [0.1, 0.15) is 40.7 Å². The zero-order valence-corrected chi connectivity index (χ0v) is 26.0. The van der Waals surface area contributed by atoms with Gasteiger partial charge in [0.25, 0.3) is 5.91 Å². The normalized spacial score (nSPS) is 18.5. The maximum atomic E-state index is 14.8. The maximum absolute atomic E-state index is 14.8. The summed E-state index contributed by atoms with van der Waals surface area (Å²) in [6, 6.07) is 12.0. The van der Waals surface area contributed by atoms with E-state index in [2.05, 4.69) is 9.97 Å². The van der Waals surface area contributed by atoms with Gasteiger partial charge in [0.2, 0.25) is 11.5 Å². The Morgan fingerprint density at radius 3 is 2.32 bits per heavy atom. The van der Waals surface area contributed by atoms with E-state index in [0.29, 0.717) is 12.8 Å². The molecule has 0 saturated heterocycles. The first kappa shape index (κ1) is 34.6. The van der Waals surface area contributed by atoms with Crippen LogP contribution >= 0.6 is 0 Å². The molecule has 4 N–H and O–H groups in total. The van der Waals surface area contributed by atoms with Crippen LogP contribution in [0.4, 0.5) is 30.7 Å². The Morgan fingerprint density at radius 1 is 1.00 bits per heavy atom. The number of benzene rings is 2. The number of rotatable bonds is 9. The summed E-state index contributed by atoms with van der Waals surface area (Å²) in [6.07, 6.45) is -9.08. The van der Waals surface area contributed by atoms with Gasteiger partial charge in [0.15, 0.2) is 0 Å². The molecule has 16 heteroatoms.